The van der Waals surface area contributed by atoms with E-state index in [9.17, 15) is 4.39 Å². The number of benzene rings is 1. The zero-order chi connectivity index (χ0) is 14.0. The van der Waals surface area contributed by atoms with E-state index in [2.05, 4.69) is 19.2 Å². The van der Waals surface area contributed by atoms with Gasteiger partial charge in [0.1, 0.15) is 5.82 Å². The largest absolute Gasteiger partial charge is 0.373 e. The molecule has 1 aromatic rings. The van der Waals surface area contributed by atoms with Gasteiger partial charge in [-0.15, -0.1) is 0 Å². The molecule has 0 saturated carbocycles. The van der Waals surface area contributed by atoms with Crippen molar-refractivity contribution >= 4 is 0 Å². The maximum Gasteiger partial charge on any atom is 0.129 e. The van der Waals surface area contributed by atoms with Gasteiger partial charge in [-0.1, -0.05) is 19.1 Å². The molecule has 0 bridgehead atoms. The third kappa shape index (κ3) is 3.15. The van der Waals surface area contributed by atoms with Crippen LogP contribution in [0.1, 0.15) is 49.4 Å². The number of ether oxygens (including phenoxy) is 1. The average molecular weight is 265 g/mol. The highest BCUT2D eigenvalue weighted by Gasteiger charge is 2.30. The lowest BCUT2D eigenvalue weighted by Gasteiger charge is -2.25. The SMILES string of the molecule is CCNC(c1cc(C)c(F)c(C)c1)C1CCC(C)O1. The van der Waals surface area contributed by atoms with Crippen molar-refractivity contribution in [3.05, 3.63) is 34.6 Å². The van der Waals surface area contributed by atoms with Crippen LogP contribution in [-0.4, -0.2) is 18.8 Å². The van der Waals surface area contributed by atoms with Crippen molar-refractivity contribution < 1.29 is 9.13 Å². The Labute approximate surface area is 115 Å². The summed E-state index contributed by atoms with van der Waals surface area (Å²) in [7, 11) is 0. The lowest BCUT2D eigenvalue weighted by molar-refractivity contribution is 0.0319. The van der Waals surface area contributed by atoms with Gasteiger partial charge in [0.05, 0.1) is 18.2 Å². The van der Waals surface area contributed by atoms with Crippen molar-refractivity contribution in [3.8, 4) is 0 Å². The molecule has 1 saturated heterocycles. The minimum absolute atomic E-state index is 0.0975. The summed E-state index contributed by atoms with van der Waals surface area (Å²) in [5, 5.41) is 3.49. The van der Waals surface area contributed by atoms with Crippen molar-refractivity contribution in [1.29, 1.82) is 0 Å². The van der Waals surface area contributed by atoms with Gasteiger partial charge in [0.15, 0.2) is 0 Å². The Morgan fingerprint density at radius 2 is 1.95 bits per heavy atom. The maximum atomic E-state index is 13.7. The first kappa shape index (κ1) is 14.5. The molecule has 3 heteroatoms. The van der Waals surface area contributed by atoms with Crippen molar-refractivity contribution in [3.63, 3.8) is 0 Å². The fraction of sp³-hybridized carbons (Fsp3) is 0.625. The molecule has 1 fully saturated rings. The molecule has 1 aliphatic heterocycles. The summed E-state index contributed by atoms with van der Waals surface area (Å²) in [5.41, 5.74) is 2.56. The zero-order valence-corrected chi connectivity index (χ0v) is 12.3. The summed E-state index contributed by atoms with van der Waals surface area (Å²) in [6.45, 7) is 8.74. The molecule has 106 valence electrons. The molecule has 3 atom stereocenters. The number of nitrogens with one attached hydrogen (secondary N) is 1. The zero-order valence-electron chi connectivity index (χ0n) is 12.3. The number of aryl methyl sites for hydroxylation is 2. The molecule has 0 spiro atoms. The van der Waals surface area contributed by atoms with Crippen LogP contribution in [0.2, 0.25) is 0 Å². The second kappa shape index (κ2) is 6.02. The fourth-order valence-corrected chi connectivity index (χ4v) is 2.92. The second-order valence-electron chi connectivity index (χ2n) is 5.57. The third-order valence-corrected chi connectivity index (χ3v) is 3.88. The highest BCUT2D eigenvalue weighted by atomic mass is 19.1. The number of rotatable bonds is 4. The van der Waals surface area contributed by atoms with E-state index in [0.29, 0.717) is 17.2 Å². The van der Waals surface area contributed by atoms with Crippen molar-refractivity contribution in [2.24, 2.45) is 0 Å². The topological polar surface area (TPSA) is 21.3 Å². The van der Waals surface area contributed by atoms with Crippen LogP contribution in [-0.2, 0) is 4.74 Å². The first-order chi connectivity index (χ1) is 9.02. The van der Waals surface area contributed by atoms with Gasteiger partial charge in [-0.25, -0.2) is 4.39 Å². The highest BCUT2D eigenvalue weighted by Crippen LogP contribution is 2.31. The molecule has 0 amide bonds. The number of likely N-dealkylation sites (N-methyl/N-ethyl adjacent to an activating group) is 1. The van der Waals surface area contributed by atoms with Crippen molar-refractivity contribution in [1.82, 2.24) is 5.32 Å². The summed E-state index contributed by atoms with van der Waals surface area (Å²) >= 11 is 0. The maximum absolute atomic E-state index is 13.7. The molecule has 1 N–H and O–H groups in total. The Bertz CT molecular complexity index is 423. The molecule has 3 unspecified atom stereocenters. The van der Waals surface area contributed by atoms with Crippen molar-refractivity contribution in [2.75, 3.05) is 6.54 Å². The Kier molecular flexibility index (Phi) is 4.58. The van der Waals surface area contributed by atoms with Gasteiger partial charge in [-0.2, -0.15) is 0 Å². The minimum atomic E-state index is -0.0975. The van der Waals surface area contributed by atoms with Crippen LogP contribution in [0.4, 0.5) is 4.39 Å². The molecule has 1 aliphatic rings. The van der Waals surface area contributed by atoms with Gasteiger partial charge in [0.2, 0.25) is 0 Å². The van der Waals surface area contributed by atoms with Crippen LogP contribution < -0.4 is 5.32 Å². The van der Waals surface area contributed by atoms with Crippen LogP contribution in [0.15, 0.2) is 12.1 Å². The molecule has 19 heavy (non-hydrogen) atoms. The van der Waals surface area contributed by atoms with Gasteiger partial charge in [-0.3, -0.25) is 0 Å². The van der Waals surface area contributed by atoms with E-state index < -0.39 is 0 Å². The van der Waals surface area contributed by atoms with E-state index in [1.54, 1.807) is 0 Å². The summed E-state index contributed by atoms with van der Waals surface area (Å²) in [5.74, 6) is -0.0975. The first-order valence-corrected chi connectivity index (χ1v) is 7.18. The van der Waals surface area contributed by atoms with E-state index in [1.165, 1.54) is 0 Å². The Morgan fingerprint density at radius 1 is 1.32 bits per heavy atom. The predicted molar refractivity (Wildman–Crippen MR) is 75.9 cm³/mol. The Morgan fingerprint density at radius 3 is 2.42 bits per heavy atom. The van der Waals surface area contributed by atoms with Crippen LogP contribution in [0.3, 0.4) is 0 Å². The Hall–Kier alpha value is -0.930. The van der Waals surface area contributed by atoms with Crippen LogP contribution in [0.25, 0.3) is 0 Å². The molecular formula is C16H24FNO. The van der Waals surface area contributed by atoms with E-state index in [0.717, 1.165) is 24.9 Å². The van der Waals surface area contributed by atoms with Crippen molar-refractivity contribution in [2.45, 2.75) is 58.8 Å². The van der Waals surface area contributed by atoms with Gasteiger partial charge >= 0.3 is 0 Å². The average Bonchev–Trinajstić information content (AvgIpc) is 2.79. The monoisotopic (exact) mass is 265 g/mol. The lowest BCUT2D eigenvalue weighted by Crippen LogP contribution is -2.32. The summed E-state index contributed by atoms with van der Waals surface area (Å²) in [4.78, 5) is 0. The molecule has 1 heterocycles. The normalized spacial score (nSPS) is 24.7. The van der Waals surface area contributed by atoms with E-state index in [1.807, 2.05) is 26.0 Å². The third-order valence-electron chi connectivity index (χ3n) is 3.88. The summed E-state index contributed by atoms with van der Waals surface area (Å²) in [6, 6.07) is 4.05. The lowest BCUT2D eigenvalue weighted by atomic mass is 9.95. The van der Waals surface area contributed by atoms with Gasteiger partial charge in [0.25, 0.3) is 0 Å². The van der Waals surface area contributed by atoms with E-state index >= 15 is 0 Å². The van der Waals surface area contributed by atoms with Gasteiger partial charge in [-0.05, 0) is 56.8 Å². The summed E-state index contributed by atoms with van der Waals surface area (Å²) in [6.07, 6.45) is 2.69. The minimum Gasteiger partial charge on any atom is -0.373 e. The molecule has 2 nitrogen and oxygen atoms in total. The molecule has 0 aliphatic carbocycles. The molecule has 2 rings (SSSR count). The van der Waals surface area contributed by atoms with E-state index in [4.69, 9.17) is 4.74 Å². The van der Waals surface area contributed by atoms with Gasteiger partial charge in [0, 0.05) is 0 Å². The second-order valence-corrected chi connectivity index (χ2v) is 5.57. The Balaban J connectivity index is 2.28. The first-order valence-electron chi connectivity index (χ1n) is 7.18. The number of halogens is 1. The number of hydrogen-bond donors (Lipinski definition) is 1. The van der Waals surface area contributed by atoms with Gasteiger partial charge < -0.3 is 10.1 Å². The fourth-order valence-electron chi connectivity index (χ4n) is 2.92. The molecule has 1 aromatic carbocycles. The quantitative estimate of drug-likeness (QED) is 0.897. The predicted octanol–water partition coefficient (Wildman–Crippen LogP) is 3.66. The smallest absolute Gasteiger partial charge is 0.129 e. The summed E-state index contributed by atoms with van der Waals surface area (Å²) < 4.78 is 19.7. The van der Waals surface area contributed by atoms with Crippen LogP contribution in [0.5, 0.6) is 0 Å². The molecule has 0 aromatic heterocycles. The van der Waals surface area contributed by atoms with E-state index in [-0.39, 0.29) is 18.0 Å². The molecule has 0 radical (unpaired) electrons. The standard InChI is InChI=1S/C16H24FNO/c1-5-18-16(14-7-6-12(4)19-14)13-8-10(2)15(17)11(3)9-13/h8-9,12,14,16,18H,5-7H2,1-4H3. The molecular weight excluding hydrogens is 241 g/mol. The van der Waals surface area contributed by atoms with Crippen LogP contribution >= 0.6 is 0 Å². The van der Waals surface area contributed by atoms with Crippen LogP contribution in [0, 0.1) is 19.7 Å². The number of hydrogen-bond acceptors (Lipinski definition) is 2. The highest BCUT2D eigenvalue weighted by molar-refractivity contribution is 5.33.